The third kappa shape index (κ3) is 6.56. The van der Waals surface area contributed by atoms with E-state index in [1.165, 1.54) is 0 Å². The average molecular weight is 309 g/mol. The lowest BCUT2D eigenvalue weighted by molar-refractivity contribution is -0.126. The van der Waals surface area contributed by atoms with Gasteiger partial charge < -0.3 is 5.32 Å². The Kier molecular flexibility index (Phi) is 6.53. The minimum atomic E-state index is -0.356. The van der Waals surface area contributed by atoms with Gasteiger partial charge in [0, 0.05) is 6.42 Å². The molecule has 0 aromatic heterocycles. The SMILES string of the molecule is O=C(CCc1ccccc1)NCC(=O)NN=Cc1ccccc1. The Morgan fingerprint density at radius 2 is 1.57 bits per heavy atom. The number of aryl methyl sites for hydroxylation is 1. The van der Waals surface area contributed by atoms with E-state index < -0.39 is 0 Å². The molecule has 5 heteroatoms. The maximum atomic E-state index is 11.7. The largest absolute Gasteiger partial charge is 0.347 e. The van der Waals surface area contributed by atoms with E-state index >= 15 is 0 Å². The summed E-state index contributed by atoms with van der Waals surface area (Å²) in [5.74, 6) is -0.513. The molecule has 0 atom stereocenters. The Morgan fingerprint density at radius 3 is 2.26 bits per heavy atom. The number of nitrogens with zero attached hydrogens (tertiary/aromatic N) is 1. The van der Waals surface area contributed by atoms with Crippen molar-refractivity contribution in [1.29, 1.82) is 0 Å². The summed E-state index contributed by atoms with van der Waals surface area (Å²) in [5, 5.41) is 6.41. The molecule has 23 heavy (non-hydrogen) atoms. The van der Waals surface area contributed by atoms with Crippen LogP contribution in [0.4, 0.5) is 0 Å². The topological polar surface area (TPSA) is 70.6 Å². The van der Waals surface area contributed by atoms with Gasteiger partial charge in [-0.2, -0.15) is 5.10 Å². The third-order valence-electron chi connectivity index (χ3n) is 3.13. The molecule has 5 nitrogen and oxygen atoms in total. The predicted molar refractivity (Wildman–Crippen MR) is 90.0 cm³/mol. The second kappa shape index (κ2) is 9.15. The Hall–Kier alpha value is -2.95. The van der Waals surface area contributed by atoms with Crippen LogP contribution < -0.4 is 10.7 Å². The fourth-order valence-corrected chi connectivity index (χ4v) is 1.93. The number of rotatable bonds is 7. The van der Waals surface area contributed by atoms with Crippen molar-refractivity contribution in [2.45, 2.75) is 12.8 Å². The molecule has 2 N–H and O–H groups in total. The van der Waals surface area contributed by atoms with E-state index in [-0.39, 0.29) is 18.4 Å². The Balaban J connectivity index is 1.64. The zero-order chi connectivity index (χ0) is 16.3. The van der Waals surface area contributed by atoms with Crippen molar-refractivity contribution < 1.29 is 9.59 Å². The van der Waals surface area contributed by atoms with Crippen LogP contribution in [0.3, 0.4) is 0 Å². The summed E-state index contributed by atoms with van der Waals surface area (Å²) in [5.41, 5.74) is 4.36. The van der Waals surface area contributed by atoms with Crippen LogP contribution in [0.5, 0.6) is 0 Å². The third-order valence-corrected chi connectivity index (χ3v) is 3.13. The maximum absolute atomic E-state index is 11.7. The quantitative estimate of drug-likeness (QED) is 0.605. The van der Waals surface area contributed by atoms with Crippen molar-refractivity contribution in [2.24, 2.45) is 5.10 Å². The number of hydrogen-bond acceptors (Lipinski definition) is 3. The highest BCUT2D eigenvalue weighted by Gasteiger charge is 2.05. The van der Waals surface area contributed by atoms with E-state index in [2.05, 4.69) is 15.8 Å². The fraction of sp³-hybridized carbons (Fsp3) is 0.167. The van der Waals surface area contributed by atoms with E-state index in [9.17, 15) is 9.59 Å². The van der Waals surface area contributed by atoms with Gasteiger partial charge in [-0.3, -0.25) is 9.59 Å². The van der Waals surface area contributed by atoms with Crippen molar-refractivity contribution in [3.05, 3.63) is 71.8 Å². The summed E-state index contributed by atoms with van der Waals surface area (Å²) in [6, 6.07) is 19.2. The van der Waals surface area contributed by atoms with Gasteiger partial charge in [-0.1, -0.05) is 60.7 Å². The molecule has 0 spiro atoms. The van der Waals surface area contributed by atoms with E-state index in [0.29, 0.717) is 12.8 Å². The molecule has 0 unspecified atom stereocenters. The Bertz CT molecular complexity index is 654. The Labute approximate surface area is 135 Å². The molecular weight excluding hydrogens is 290 g/mol. The number of nitrogens with one attached hydrogen (secondary N) is 2. The molecule has 0 radical (unpaired) electrons. The normalized spacial score (nSPS) is 10.4. The molecule has 0 fully saturated rings. The maximum Gasteiger partial charge on any atom is 0.259 e. The second-order valence-corrected chi connectivity index (χ2v) is 4.97. The lowest BCUT2D eigenvalue weighted by Gasteiger charge is -2.04. The number of carbonyl (C=O) groups excluding carboxylic acids is 2. The van der Waals surface area contributed by atoms with Gasteiger partial charge in [0.15, 0.2) is 0 Å². The molecule has 2 amide bonds. The molecule has 118 valence electrons. The summed E-state index contributed by atoms with van der Waals surface area (Å²) in [6.45, 7) is -0.0836. The van der Waals surface area contributed by atoms with Crippen molar-refractivity contribution >= 4 is 18.0 Å². The summed E-state index contributed by atoms with van der Waals surface area (Å²) in [7, 11) is 0. The van der Waals surface area contributed by atoms with E-state index in [0.717, 1.165) is 11.1 Å². The molecule has 0 bridgehead atoms. The van der Waals surface area contributed by atoms with Gasteiger partial charge >= 0.3 is 0 Å². The molecule has 0 aliphatic carbocycles. The van der Waals surface area contributed by atoms with E-state index in [1.54, 1.807) is 6.21 Å². The fourth-order valence-electron chi connectivity index (χ4n) is 1.93. The van der Waals surface area contributed by atoms with Crippen molar-refractivity contribution in [2.75, 3.05) is 6.54 Å². The van der Waals surface area contributed by atoms with Gasteiger partial charge in [-0.15, -0.1) is 0 Å². The summed E-state index contributed by atoms with van der Waals surface area (Å²) in [6.07, 6.45) is 2.56. The van der Waals surface area contributed by atoms with Crippen LogP contribution in [-0.2, 0) is 16.0 Å². The van der Waals surface area contributed by atoms with Gasteiger partial charge in [0.2, 0.25) is 5.91 Å². The minimum absolute atomic E-state index is 0.0836. The first kappa shape index (κ1) is 16.4. The predicted octanol–water partition coefficient (Wildman–Crippen LogP) is 1.89. The lowest BCUT2D eigenvalue weighted by atomic mass is 10.1. The summed E-state index contributed by atoms with van der Waals surface area (Å²) < 4.78 is 0. The zero-order valence-corrected chi connectivity index (χ0v) is 12.7. The van der Waals surface area contributed by atoms with Crippen LogP contribution >= 0.6 is 0 Å². The smallest absolute Gasteiger partial charge is 0.259 e. The van der Waals surface area contributed by atoms with Crippen molar-refractivity contribution in [1.82, 2.24) is 10.7 Å². The highest BCUT2D eigenvalue weighted by Crippen LogP contribution is 2.01. The monoisotopic (exact) mass is 309 g/mol. The summed E-state index contributed by atoms with van der Waals surface area (Å²) >= 11 is 0. The van der Waals surface area contributed by atoms with Gasteiger partial charge in [-0.05, 0) is 17.5 Å². The van der Waals surface area contributed by atoms with Crippen LogP contribution in [0.1, 0.15) is 17.5 Å². The van der Waals surface area contributed by atoms with Crippen LogP contribution in [0, 0.1) is 0 Å². The zero-order valence-electron chi connectivity index (χ0n) is 12.7. The van der Waals surface area contributed by atoms with Crippen LogP contribution in [-0.4, -0.2) is 24.6 Å². The molecule has 0 aliphatic heterocycles. The standard InChI is InChI=1S/C18H19N3O2/c22-17(12-11-15-7-3-1-4-8-15)19-14-18(23)21-20-13-16-9-5-2-6-10-16/h1-10,13H,11-12,14H2,(H,19,22)(H,21,23). The first-order chi connectivity index (χ1) is 11.2. The molecule has 0 heterocycles. The number of hydrogen-bond donors (Lipinski definition) is 2. The second-order valence-electron chi connectivity index (χ2n) is 4.97. The molecule has 2 aromatic carbocycles. The lowest BCUT2D eigenvalue weighted by Crippen LogP contribution is -2.35. The molecule has 0 aliphatic rings. The Morgan fingerprint density at radius 1 is 0.913 bits per heavy atom. The van der Waals surface area contributed by atoms with E-state index in [1.807, 2.05) is 60.7 Å². The van der Waals surface area contributed by atoms with Gasteiger partial charge in [0.1, 0.15) is 0 Å². The van der Waals surface area contributed by atoms with Crippen LogP contribution in [0.25, 0.3) is 0 Å². The highest BCUT2D eigenvalue weighted by atomic mass is 16.2. The number of carbonyl (C=O) groups is 2. The first-order valence-electron chi connectivity index (χ1n) is 7.41. The first-order valence-corrected chi connectivity index (χ1v) is 7.41. The molecule has 0 saturated carbocycles. The van der Waals surface area contributed by atoms with Crippen molar-refractivity contribution in [3.63, 3.8) is 0 Å². The number of benzene rings is 2. The molecule has 2 rings (SSSR count). The number of amides is 2. The average Bonchev–Trinajstić information content (AvgIpc) is 2.60. The highest BCUT2D eigenvalue weighted by molar-refractivity contribution is 5.86. The van der Waals surface area contributed by atoms with Gasteiger partial charge in [-0.25, -0.2) is 5.43 Å². The van der Waals surface area contributed by atoms with Gasteiger partial charge in [0.05, 0.1) is 12.8 Å². The molecule has 2 aromatic rings. The number of hydrazone groups is 1. The van der Waals surface area contributed by atoms with Crippen LogP contribution in [0.2, 0.25) is 0 Å². The minimum Gasteiger partial charge on any atom is -0.347 e. The van der Waals surface area contributed by atoms with E-state index in [4.69, 9.17) is 0 Å². The van der Waals surface area contributed by atoms with Gasteiger partial charge in [0.25, 0.3) is 5.91 Å². The molecule has 0 saturated heterocycles. The van der Waals surface area contributed by atoms with Crippen molar-refractivity contribution in [3.8, 4) is 0 Å². The summed E-state index contributed by atoms with van der Waals surface area (Å²) in [4.78, 5) is 23.3. The van der Waals surface area contributed by atoms with Crippen LogP contribution in [0.15, 0.2) is 65.8 Å². The molecular formula is C18H19N3O2.